The van der Waals surface area contributed by atoms with Crippen molar-refractivity contribution in [2.75, 3.05) is 5.73 Å². The van der Waals surface area contributed by atoms with Gasteiger partial charge in [-0.1, -0.05) is 27.7 Å². The quantitative estimate of drug-likeness (QED) is 0.843. The molecule has 0 aliphatic carbocycles. The van der Waals surface area contributed by atoms with Crippen LogP contribution in [0.1, 0.15) is 50.8 Å². The molecular formula is C12H17N3O. The molecule has 2 aromatic rings. The Labute approximate surface area is 94.9 Å². The summed E-state index contributed by atoms with van der Waals surface area (Å²) < 4.78 is 5.31. The highest BCUT2D eigenvalue weighted by molar-refractivity contribution is 5.75. The maximum absolute atomic E-state index is 5.57. The maximum Gasteiger partial charge on any atom is 0.294 e. The van der Waals surface area contributed by atoms with Gasteiger partial charge < -0.3 is 10.2 Å². The first-order valence-electron chi connectivity index (χ1n) is 5.56. The van der Waals surface area contributed by atoms with Crippen molar-refractivity contribution in [3.8, 4) is 0 Å². The molecule has 0 spiro atoms. The topological polar surface area (TPSA) is 64.9 Å². The predicted molar refractivity (Wildman–Crippen MR) is 64.4 cm³/mol. The second kappa shape index (κ2) is 3.77. The van der Waals surface area contributed by atoms with Crippen LogP contribution in [0.15, 0.2) is 10.5 Å². The minimum atomic E-state index is 0.185. The Morgan fingerprint density at radius 3 is 2.38 bits per heavy atom. The number of nitrogens with two attached hydrogens (primary N) is 1. The molecule has 86 valence electrons. The number of nitrogens with zero attached hydrogens (tertiary/aromatic N) is 2. The van der Waals surface area contributed by atoms with Gasteiger partial charge in [-0.05, 0) is 23.5 Å². The summed E-state index contributed by atoms with van der Waals surface area (Å²) in [5.41, 5.74) is 9.07. The van der Waals surface area contributed by atoms with Gasteiger partial charge in [0.25, 0.3) is 6.01 Å². The first kappa shape index (κ1) is 10.9. The van der Waals surface area contributed by atoms with E-state index in [9.17, 15) is 0 Å². The molecule has 0 atom stereocenters. The van der Waals surface area contributed by atoms with Crippen molar-refractivity contribution in [1.82, 2.24) is 9.97 Å². The van der Waals surface area contributed by atoms with E-state index in [-0.39, 0.29) is 6.01 Å². The van der Waals surface area contributed by atoms with Gasteiger partial charge >= 0.3 is 0 Å². The van der Waals surface area contributed by atoms with Crippen LogP contribution in [-0.4, -0.2) is 9.97 Å². The van der Waals surface area contributed by atoms with E-state index in [0.29, 0.717) is 17.5 Å². The van der Waals surface area contributed by atoms with Crippen LogP contribution in [0, 0.1) is 0 Å². The number of hydrogen-bond donors (Lipinski definition) is 1. The molecule has 4 heteroatoms. The predicted octanol–water partition coefficient (Wildman–Crippen LogP) is 3.05. The minimum absolute atomic E-state index is 0.185. The third-order valence-electron chi connectivity index (χ3n) is 2.65. The second-order valence-electron chi connectivity index (χ2n) is 4.65. The number of fused-ring (bicyclic) bond motifs is 1. The average molecular weight is 219 g/mol. The van der Waals surface area contributed by atoms with Gasteiger partial charge in [-0.2, -0.15) is 4.98 Å². The van der Waals surface area contributed by atoms with Crippen molar-refractivity contribution in [3.63, 3.8) is 0 Å². The van der Waals surface area contributed by atoms with Crippen LogP contribution in [0.2, 0.25) is 0 Å². The van der Waals surface area contributed by atoms with E-state index in [4.69, 9.17) is 10.2 Å². The van der Waals surface area contributed by atoms with Crippen molar-refractivity contribution in [1.29, 1.82) is 0 Å². The molecular weight excluding hydrogens is 202 g/mol. The van der Waals surface area contributed by atoms with Crippen molar-refractivity contribution in [2.45, 2.75) is 39.5 Å². The van der Waals surface area contributed by atoms with Crippen molar-refractivity contribution < 1.29 is 4.42 Å². The Hall–Kier alpha value is -1.58. The van der Waals surface area contributed by atoms with Crippen LogP contribution in [0.4, 0.5) is 6.01 Å². The highest BCUT2D eigenvalue weighted by Crippen LogP contribution is 2.28. The number of hydrogen-bond acceptors (Lipinski definition) is 4. The summed E-state index contributed by atoms with van der Waals surface area (Å²) in [6, 6.07) is 2.28. The minimum Gasteiger partial charge on any atom is -0.405 e. The molecule has 0 unspecified atom stereocenters. The molecule has 2 heterocycles. The molecule has 0 aliphatic rings. The maximum atomic E-state index is 5.57. The Balaban J connectivity index is 2.73. The lowest BCUT2D eigenvalue weighted by Gasteiger charge is -2.09. The molecule has 0 aromatic carbocycles. The molecule has 2 N–H and O–H groups in total. The van der Waals surface area contributed by atoms with Crippen LogP contribution >= 0.6 is 0 Å². The van der Waals surface area contributed by atoms with Crippen molar-refractivity contribution >= 4 is 17.2 Å². The first-order chi connectivity index (χ1) is 7.49. The summed E-state index contributed by atoms with van der Waals surface area (Å²) in [6.45, 7) is 8.48. The summed E-state index contributed by atoms with van der Waals surface area (Å²) in [5.74, 6) is 0.751. The molecule has 0 fully saturated rings. The Bertz CT molecular complexity index is 514. The Kier molecular flexibility index (Phi) is 2.58. The fraction of sp³-hybridized carbons (Fsp3) is 0.500. The average Bonchev–Trinajstić information content (AvgIpc) is 2.55. The molecule has 0 radical (unpaired) electrons. The number of pyridine rings is 1. The zero-order valence-electron chi connectivity index (χ0n) is 10.1. The molecule has 0 saturated carbocycles. The zero-order valence-corrected chi connectivity index (χ0v) is 10.1. The van der Waals surface area contributed by atoms with Gasteiger partial charge in [-0.15, -0.1) is 0 Å². The fourth-order valence-corrected chi connectivity index (χ4v) is 1.71. The molecule has 16 heavy (non-hydrogen) atoms. The second-order valence-corrected chi connectivity index (χ2v) is 4.65. The lowest BCUT2D eigenvalue weighted by Crippen LogP contribution is -1.98. The van der Waals surface area contributed by atoms with E-state index < -0.39 is 0 Å². The summed E-state index contributed by atoms with van der Waals surface area (Å²) in [6.07, 6.45) is 0. The van der Waals surface area contributed by atoms with Gasteiger partial charge in [-0.3, -0.25) is 0 Å². The summed E-state index contributed by atoms with van der Waals surface area (Å²) in [5, 5.41) is 0. The molecule has 2 aromatic heterocycles. The highest BCUT2D eigenvalue weighted by Gasteiger charge is 2.15. The molecule has 0 amide bonds. The van der Waals surface area contributed by atoms with E-state index in [2.05, 4.69) is 43.7 Å². The molecule has 0 saturated heterocycles. The summed E-state index contributed by atoms with van der Waals surface area (Å²) in [7, 11) is 0. The van der Waals surface area contributed by atoms with E-state index >= 15 is 0 Å². The smallest absolute Gasteiger partial charge is 0.294 e. The highest BCUT2D eigenvalue weighted by atomic mass is 16.4. The number of aromatic nitrogens is 2. The fourth-order valence-electron chi connectivity index (χ4n) is 1.71. The van der Waals surface area contributed by atoms with Gasteiger partial charge in [0.2, 0.25) is 5.71 Å². The lowest BCUT2D eigenvalue weighted by molar-refractivity contribution is 0.609. The normalized spacial score (nSPS) is 11.9. The number of nitrogen functional groups attached to an aromatic ring is 1. The van der Waals surface area contributed by atoms with E-state index in [0.717, 1.165) is 16.8 Å². The van der Waals surface area contributed by atoms with Crippen LogP contribution < -0.4 is 5.73 Å². The SMILES string of the molecule is CC(C)c1cc(C(C)C)c2nc(N)oc2n1. The molecule has 0 aliphatic heterocycles. The third-order valence-corrected chi connectivity index (χ3v) is 2.65. The van der Waals surface area contributed by atoms with Gasteiger partial charge in [0.05, 0.1) is 0 Å². The number of rotatable bonds is 2. The van der Waals surface area contributed by atoms with Crippen molar-refractivity contribution in [3.05, 3.63) is 17.3 Å². The zero-order chi connectivity index (χ0) is 11.9. The lowest BCUT2D eigenvalue weighted by atomic mass is 9.99. The van der Waals surface area contributed by atoms with Gasteiger partial charge in [-0.25, -0.2) is 4.98 Å². The van der Waals surface area contributed by atoms with Crippen LogP contribution in [0.5, 0.6) is 0 Å². The van der Waals surface area contributed by atoms with Crippen LogP contribution in [0.25, 0.3) is 11.2 Å². The van der Waals surface area contributed by atoms with E-state index in [1.54, 1.807) is 0 Å². The van der Waals surface area contributed by atoms with Gasteiger partial charge in [0.15, 0.2) is 0 Å². The molecule has 4 nitrogen and oxygen atoms in total. The van der Waals surface area contributed by atoms with E-state index in [1.807, 2.05) is 0 Å². The largest absolute Gasteiger partial charge is 0.405 e. The molecule has 0 bridgehead atoms. The van der Waals surface area contributed by atoms with Crippen LogP contribution in [0.3, 0.4) is 0 Å². The van der Waals surface area contributed by atoms with Crippen LogP contribution in [-0.2, 0) is 0 Å². The summed E-state index contributed by atoms with van der Waals surface area (Å²) >= 11 is 0. The monoisotopic (exact) mass is 219 g/mol. The van der Waals surface area contributed by atoms with Gasteiger partial charge in [0, 0.05) is 5.69 Å². The Morgan fingerprint density at radius 1 is 1.12 bits per heavy atom. The molecule has 2 rings (SSSR count). The number of oxazole rings is 1. The van der Waals surface area contributed by atoms with Gasteiger partial charge in [0.1, 0.15) is 5.52 Å². The van der Waals surface area contributed by atoms with E-state index in [1.165, 1.54) is 0 Å². The third kappa shape index (κ3) is 1.75. The summed E-state index contributed by atoms with van der Waals surface area (Å²) in [4.78, 5) is 8.61. The van der Waals surface area contributed by atoms with Crippen molar-refractivity contribution in [2.24, 2.45) is 0 Å². The Morgan fingerprint density at radius 2 is 1.81 bits per heavy atom. The first-order valence-corrected chi connectivity index (χ1v) is 5.56. The number of anilines is 1. The standard InChI is InChI=1S/C12H17N3O/c1-6(2)8-5-9(7(3)4)14-11-10(8)15-12(13)16-11/h5-7H,1-4H3,(H2,13,15).